The van der Waals surface area contributed by atoms with E-state index in [0.29, 0.717) is 0 Å². The molecule has 1 aromatic carbocycles. The van der Waals surface area contributed by atoms with Gasteiger partial charge in [0.2, 0.25) is 0 Å². The molecule has 0 spiro atoms. The molecule has 0 aromatic heterocycles. The van der Waals surface area contributed by atoms with Gasteiger partial charge < -0.3 is 5.11 Å². The zero-order chi connectivity index (χ0) is 12.3. The SMILES string of the molecule is CC(C)(CO)c1ccc(C2CCSCC2)cc1. The molecule has 1 aromatic rings. The fourth-order valence-electron chi connectivity index (χ4n) is 2.33. The monoisotopic (exact) mass is 250 g/mol. The van der Waals surface area contributed by atoms with E-state index in [9.17, 15) is 5.11 Å². The molecule has 1 saturated heterocycles. The maximum absolute atomic E-state index is 9.36. The Kier molecular flexibility index (Phi) is 4.16. The van der Waals surface area contributed by atoms with Crippen molar-refractivity contribution in [3.8, 4) is 0 Å². The van der Waals surface area contributed by atoms with Crippen LogP contribution in [0.25, 0.3) is 0 Å². The molecule has 0 atom stereocenters. The first-order chi connectivity index (χ1) is 8.13. The van der Waals surface area contributed by atoms with Crippen LogP contribution in [-0.2, 0) is 5.41 Å². The smallest absolute Gasteiger partial charge is 0.0522 e. The Hall–Kier alpha value is -0.470. The highest BCUT2D eigenvalue weighted by atomic mass is 32.2. The van der Waals surface area contributed by atoms with Crippen LogP contribution in [0.2, 0.25) is 0 Å². The third-order valence-corrected chi connectivity index (χ3v) is 4.83. The molecule has 2 heteroatoms. The van der Waals surface area contributed by atoms with Crippen molar-refractivity contribution in [3.63, 3.8) is 0 Å². The van der Waals surface area contributed by atoms with Gasteiger partial charge in [0.25, 0.3) is 0 Å². The standard InChI is InChI=1S/C15H22OS/c1-15(2,11-16)14-5-3-12(4-6-14)13-7-9-17-10-8-13/h3-6,13,16H,7-11H2,1-2H3. The van der Waals surface area contributed by atoms with Gasteiger partial charge >= 0.3 is 0 Å². The molecule has 1 aliphatic heterocycles. The maximum Gasteiger partial charge on any atom is 0.0522 e. The third kappa shape index (κ3) is 3.05. The lowest BCUT2D eigenvalue weighted by Gasteiger charge is -2.25. The number of aliphatic hydroxyl groups is 1. The molecule has 94 valence electrons. The van der Waals surface area contributed by atoms with Crippen LogP contribution in [0.15, 0.2) is 24.3 Å². The molecule has 1 N–H and O–H groups in total. The Morgan fingerprint density at radius 3 is 2.29 bits per heavy atom. The Morgan fingerprint density at radius 2 is 1.76 bits per heavy atom. The molecule has 1 aliphatic rings. The minimum atomic E-state index is -0.124. The highest BCUT2D eigenvalue weighted by Crippen LogP contribution is 2.32. The Bertz CT molecular complexity index is 350. The minimum Gasteiger partial charge on any atom is -0.395 e. The Morgan fingerprint density at radius 1 is 1.18 bits per heavy atom. The van der Waals surface area contributed by atoms with Gasteiger partial charge in [0.05, 0.1) is 6.61 Å². The summed E-state index contributed by atoms with van der Waals surface area (Å²) in [7, 11) is 0. The van der Waals surface area contributed by atoms with Crippen molar-refractivity contribution in [3.05, 3.63) is 35.4 Å². The van der Waals surface area contributed by atoms with Gasteiger partial charge in [0.15, 0.2) is 0 Å². The van der Waals surface area contributed by atoms with Crippen molar-refractivity contribution in [1.82, 2.24) is 0 Å². The molecule has 0 amide bonds. The summed E-state index contributed by atoms with van der Waals surface area (Å²) in [5.74, 6) is 3.35. The average Bonchev–Trinajstić information content (AvgIpc) is 2.40. The number of aliphatic hydroxyl groups excluding tert-OH is 1. The van der Waals surface area contributed by atoms with Gasteiger partial charge in [-0.15, -0.1) is 0 Å². The van der Waals surface area contributed by atoms with E-state index in [0.717, 1.165) is 5.92 Å². The van der Waals surface area contributed by atoms with Crippen LogP contribution in [0.4, 0.5) is 0 Å². The number of hydrogen-bond donors (Lipinski definition) is 1. The maximum atomic E-state index is 9.36. The highest BCUT2D eigenvalue weighted by Gasteiger charge is 2.20. The van der Waals surface area contributed by atoms with Crippen LogP contribution in [0.3, 0.4) is 0 Å². The lowest BCUT2D eigenvalue weighted by molar-refractivity contribution is 0.218. The Balaban J connectivity index is 2.12. The summed E-state index contributed by atoms with van der Waals surface area (Å²) < 4.78 is 0. The van der Waals surface area contributed by atoms with Crippen molar-refractivity contribution in [1.29, 1.82) is 0 Å². The van der Waals surface area contributed by atoms with Crippen molar-refractivity contribution in [2.24, 2.45) is 0 Å². The summed E-state index contributed by atoms with van der Waals surface area (Å²) in [6, 6.07) is 8.89. The van der Waals surface area contributed by atoms with Crippen LogP contribution in [0, 0.1) is 0 Å². The fourth-order valence-corrected chi connectivity index (χ4v) is 3.44. The summed E-state index contributed by atoms with van der Waals surface area (Å²) in [5.41, 5.74) is 2.58. The topological polar surface area (TPSA) is 20.2 Å². The number of benzene rings is 1. The second-order valence-corrected chi connectivity index (χ2v) is 6.78. The third-order valence-electron chi connectivity index (χ3n) is 3.78. The summed E-state index contributed by atoms with van der Waals surface area (Å²) in [5, 5.41) is 9.36. The van der Waals surface area contributed by atoms with E-state index in [-0.39, 0.29) is 12.0 Å². The van der Waals surface area contributed by atoms with Crippen LogP contribution in [0.1, 0.15) is 43.7 Å². The molecule has 2 rings (SSSR count). The molecule has 0 saturated carbocycles. The van der Waals surface area contributed by atoms with E-state index in [1.54, 1.807) is 0 Å². The quantitative estimate of drug-likeness (QED) is 0.885. The van der Waals surface area contributed by atoms with Crippen LogP contribution in [0.5, 0.6) is 0 Å². The normalized spacial score (nSPS) is 18.3. The summed E-state index contributed by atoms with van der Waals surface area (Å²) >= 11 is 2.07. The lowest BCUT2D eigenvalue weighted by atomic mass is 9.84. The second kappa shape index (κ2) is 5.45. The highest BCUT2D eigenvalue weighted by molar-refractivity contribution is 7.99. The van der Waals surface area contributed by atoms with Gasteiger partial charge in [0.1, 0.15) is 0 Å². The summed E-state index contributed by atoms with van der Waals surface area (Å²) in [4.78, 5) is 0. The second-order valence-electron chi connectivity index (χ2n) is 5.55. The van der Waals surface area contributed by atoms with Crippen LogP contribution in [-0.4, -0.2) is 23.2 Å². The van der Waals surface area contributed by atoms with Crippen molar-refractivity contribution in [2.45, 2.75) is 38.0 Å². The molecule has 0 aliphatic carbocycles. The van der Waals surface area contributed by atoms with Gasteiger partial charge in [-0.25, -0.2) is 0 Å². The number of hydrogen-bond acceptors (Lipinski definition) is 2. The number of rotatable bonds is 3. The van der Waals surface area contributed by atoms with Gasteiger partial charge in [-0.2, -0.15) is 11.8 Å². The molecule has 1 heterocycles. The molecule has 0 bridgehead atoms. The minimum absolute atomic E-state index is 0.124. The van der Waals surface area contributed by atoms with E-state index in [4.69, 9.17) is 0 Å². The van der Waals surface area contributed by atoms with Crippen molar-refractivity contribution < 1.29 is 5.11 Å². The summed E-state index contributed by atoms with van der Waals surface area (Å²) in [6.45, 7) is 4.37. The Labute approximate surface area is 109 Å². The van der Waals surface area contributed by atoms with Crippen LogP contribution < -0.4 is 0 Å². The zero-order valence-electron chi connectivity index (χ0n) is 10.8. The van der Waals surface area contributed by atoms with E-state index in [1.165, 1.54) is 35.5 Å². The molecule has 1 nitrogen and oxygen atoms in total. The van der Waals surface area contributed by atoms with Gasteiger partial charge in [-0.05, 0) is 41.4 Å². The first-order valence-electron chi connectivity index (χ1n) is 6.42. The van der Waals surface area contributed by atoms with E-state index < -0.39 is 0 Å². The molecule has 17 heavy (non-hydrogen) atoms. The van der Waals surface area contributed by atoms with Gasteiger partial charge in [0, 0.05) is 5.41 Å². The molecular formula is C15H22OS. The van der Waals surface area contributed by atoms with Crippen molar-refractivity contribution in [2.75, 3.05) is 18.1 Å². The van der Waals surface area contributed by atoms with E-state index in [2.05, 4.69) is 49.9 Å². The van der Waals surface area contributed by atoms with Crippen molar-refractivity contribution >= 4 is 11.8 Å². The molecule has 0 radical (unpaired) electrons. The summed E-state index contributed by atoms with van der Waals surface area (Å²) in [6.07, 6.45) is 2.63. The molecule has 1 fully saturated rings. The van der Waals surface area contributed by atoms with Gasteiger partial charge in [-0.3, -0.25) is 0 Å². The van der Waals surface area contributed by atoms with Crippen LogP contribution >= 0.6 is 11.8 Å². The van der Waals surface area contributed by atoms with E-state index in [1.807, 2.05) is 0 Å². The fraction of sp³-hybridized carbons (Fsp3) is 0.600. The average molecular weight is 250 g/mol. The predicted octanol–water partition coefficient (Wildman–Crippen LogP) is 3.57. The van der Waals surface area contributed by atoms with E-state index >= 15 is 0 Å². The predicted molar refractivity (Wildman–Crippen MR) is 75.9 cm³/mol. The number of thioether (sulfide) groups is 1. The molecular weight excluding hydrogens is 228 g/mol. The first-order valence-corrected chi connectivity index (χ1v) is 7.58. The zero-order valence-corrected chi connectivity index (χ0v) is 11.6. The van der Waals surface area contributed by atoms with Gasteiger partial charge in [-0.1, -0.05) is 38.1 Å². The lowest BCUT2D eigenvalue weighted by Crippen LogP contribution is -2.22. The first kappa shape index (κ1) is 13.0. The largest absolute Gasteiger partial charge is 0.395 e. The molecule has 0 unspecified atom stereocenters.